The first-order valence-corrected chi connectivity index (χ1v) is 4.33. The minimum atomic E-state index is 0.0774. The molecule has 3 nitrogen and oxygen atoms in total. The van der Waals surface area contributed by atoms with Crippen LogP contribution in [0.3, 0.4) is 0 Å². The molecule has 68 valence electrons. The second-order valence-corrected chi connectivity index (χ2v) is 3.35. The van der Waals surface area contributed by atoms with Gasteiger partial charge in [-0.1, -0.05) is 6.07 Å². The Morgan fingerprint density at radius 2 is 2.23 bits per heavy atom. The van der Waals surface area contributed by atoms with Gasteiger partial charge in [-0.25, -0.2) is 0 Å². The summed E-state index contributed by atoms with van der Waals surface area (Å²) in [7, 11) is 1.81. The van der Waals surface area contributed by atoms with Gasteiger partial charge in [0.15, 0.2) is 0 Å². The first-order chi connectivity index (χ1) is 6.20. The highest BCUT2D eigenvalue weighted by Gasteiger charge is 2.22. The number of fused-ring (bicyclic) bond motifs is 1. The van der Waals surface area contributed by atoms with Crippen LogP contribution in [-0.4, -0.2) is 24.4 Å². The lowest BCUT2D eigenvalue weighted by Gasteiger charge is -2.25. The third kappa shape index (κ3) is 1.16. The van der Waals surface area contributed by atoms with Crippen LogP contribution in [0.15, 0.2) is 18.2 Å². The summed E-state index contributed by atoms with van der Waals surface area (Å²) in [5.41, 5.74) is 8.28. The summed E-state index contributed by atoms with van der Waals surface area (Å²) < 4.78 is 0. The van der Waals surface area contributed by atoms with E-state index in [1.54, 1.807) is 4.90 Å². The van der Waals surface area contributed by atoms with Gasteiger partial charge in [0.2, 0.25) is 0 Å². The molecule has 0 spiro atoms. The van der Waals surface area contributed by atoms with E-state index in [2.05, 4.69) is 0 Å². The summed E-state index contributed by atoms with van der Waals surface area (Å²) in [4.78, 5) is 13.4. The quantitative estimate of drug-likeness (QED) is 0.597. The van der Waals surface area contributed by atoms with Crippen molar-refractivity contribution in [2.24, 2.45) is 0 Å². The highest BCUT2D eigenvalue weighted by atomic mass is 16.2. The van der Waals surface area contributed by atoms with Crippen LogP contribution in [0.2, 0.25) is 0 Å². The Labute approximate surface area is 77.1 Å². The molecule has 1 aliphatic heterocycles. The average Bonchev–Trinajstić information content (AvgIpc) is 2.12. The zero-order valence-corrected chi connectivity index (χ0v) is 7.58. The Balaban J connectivity index is 2.55. The van der Waals surface area contributed by atoms with E-state index in [4.69, 9.17) is 5.73 Å². The standard InChI is InChI=1S/C10H12N2O/c1-12-6-5-7-8(10(12)13)3-2-4-9(7)11/h2-4H,5-6,11H2,1H3. The Hall–Kier alpha value is -1.51. The summed E-state index contributed by atoms with van der Waals surface area (Å²) in [6.07, 6.45) is 0.865. The van der Waals surface area contributed by atoms with E-state index in [9.17, 15) is 4.79 Å². The van der Waals surface area contributed by atoms with Crippen molar-refractivity contribution >= 4 is 11.6 Å². The van der Waals surface area contributed by atoms with E-state index in [-0.39, 0.29) is 5.91 Å². The summed E-state index contributed by atoms with van der Waals surface area (Å²) >= 11 is 0. The van der Waals surface area contributed by atoms with Crippen LogP contribution in [0.4, 0.5) is 5.69 Å². The first-order valence-electron chi connectivity index (χ1n) is 4.33. The second-order valence-electron chi connectivity index (χ2n) is 3.35. The third-order valence-corrected chi connectivity index (χ3v) is 2.49. The lowest BCUT2D eigenvalue weighted by atomic mass is 9.98. The predicted molar refractivity (Wildman–Crippen MR) is 51.5 cm³/mol. The molecule has 0 saturated heterocycles. The average molecular weight is 176 g/mol. The maximum absolute atomic E-state index is 11.6. The minimum Gasteiger partial charge on any atom is -0.398 e. The van der Waals surface area contributed by atoms with E-state index in [0.717, 1.165) is 29.8 Å². The number of benzene rings is 1. The zero-order chi connectivity index (χ0) is 9.42. The molecule has 1 amide bonds. The van der Waals surface area contributed by atoms with Crippen molar-refractivity contribution in [2.45, 2.75) is 6.42 Å². The molecule has 0 aromatic heterocycles. The molecule has 0 unspecified atom stereocenters. The SMILES string of the molecule is CN1CCc2c(N)cccc2C1=O. The monoisotopic (exact) mass is 176 g/mol. The molecule has 0 fully saturated rings. The van der Waals surface area contributed by atoms with E-state index in [0.29, 0.717) is 0 Å². The van der Waals surface area contributed by atoms with Gasteiger partial charge in [0.25, 0.3) is 5.91 Å². The van der Waals surface area contributed by atoms with Gasteiger partial charge in [-0.15, -0.1) is 0 Å². The minimum absolute atomic E-state index is 0.0774. The summed E-state index contributed by atoms with van der Waals surface area (Å²) in [6.45, 7) is 0.764. The number of rotatable bonds is 0. The van der Waals surface area contributed by atoms with Crippen LogP contribution in [-0.2, 0) is 6.42 Å². The Kier molecular flexibility index (Phi) is 1.72. The van der Waals surface area contributed by atoms with Crippen LogP contribution in [0.1, 0.15) is 15.9 Å². The Morgan fingerprint density at radius 3 is 3.00 bits per heavy atom. The molecule has 1 aromatic rings. The third-order valence-electron chi connectivity index (χ3n) is 2.49. The van der Waals surface area contributed by atoms with Gasteiger partial charge in [-0.05, 0) is 24.1 Å². The van der Waals surface area contributed by atoms with E-state index >= 15 is 0 Å². The van der Waals surface area contributed by atoms with Crippen molar-refractivity contribution in [3.05, 3.63) is 29.3 Å². The van der Waals surface area contributed by atoms with Crippen molar-refractivity contribution in [3.63, 3.8) is 0 Å². The lowest BCUT2D eigenvalue weighted by Crippen LogP contribution is -2.34. The fourth-order valence-electron chi connectivity index (χ4n) is 1.67. The molecule has 0 radical (unpaired) electrons. The topological polar surface area (TPSA) is 46.3 Å². The number of likely N-dealkylation sites (N-methyl/N-ethyl adjacent to an activating group) is 1. The number of nitrogens with zero attached hydrogens (tertiary/aromatic N) is 1. The van der Waals surface area contributed by atoms with Crippen LogP contribution >= 0.6 is 0 Å². The summed E-state index contributed by atoms with van der Waals surface area (Å²) in [5.74, 6) is 0.0774. The van der Waals surface area contributed by atoms with Crippen molar-refractivity contribution in [2.75, 3.05) is 19.3 Å². The Morgan fingerprint density at radius 1 is 1.46 bits per heavy atom. The molecule has 1 aromatic carbocycles. The number of hydrogen-bond donors (Lipinski definition) is 1. The molecule has 1 aliphatic rings. The van der Waals surface area contributed by atoms with Crippen molar-refractivity contribution < 1.29 is 4.79 Å². The maximum Gasteiger partial charge on any atom is 0.253 e. The van der Waals surface area contributed by atoms with Gasteiger partial charge in [0.1, 0.15) is 0 Å². The van der Waals surface area contributed by atoms with Crippen molar-refractivity contribution in [1.29, 1.82) is 0 Å². The van der Waals surface area contributed by atoms with Gasteiger partial charge in [0, 0.05) is 24.8 Å². The molecular formula is C10H12N2O. The van der Waals surface area contributed by atoms with E-state index < -0.39 is 0 Å². The van der Waals surface area contributed by atoms with Gasteiger partial charge in [-0.2, -0.15) is 0 Å². The largest absolute Gasteiger partial charge is 0.398 e. The first kappa shape index (κ1) is 8.10. The zero-order valence-electron chi connectivity index (χ0n) is 7.58. The molecule has 13 heavy (non-hydrogen) atoms. The van der Waals surface area contributed by atoms with Crippen LogP contribution < -0.4 is 5.73 Å². The highest BCUT2D eigenvalue weighted by Crippen LogP contribution is 2.22. The van der Waals surface area contributed by atoms with Gasteiger partial charge >= 0.3 is 0 Å². The molecule has 2 rings (SSSR count). The normalized spacial score (nSPS) is 15.8. The van der Waals surface area contributed by atoms with E-state index in [1.165, 1.54) is 0 Å². The molecule has 1 heterocycles. The molecule has 3 heteroatoms. The second kappa shape index (κ2) is 2.76. The van der Waals surface area contributed by atoms with Gasteiger partial charge in [0.05, 0.1) is 0 Å². The van der Waals surface area contributed by atoms with E-state index in [1.807, 2.05) is 25.2 Å². The van der Waals surface area contributed by atoms with Crippen LogP contribution in [0.5, 0.6) is 0 Å². The predicted octanol–water partition coefficient (Wildman–Crippen LogP) is 0.897. The smallest absolute Gasteiger partial charge is 0.253 e. The number of nitrogens with two attached hydrogens (primary N) is 1. The van der Waals surface area contributed by atoms with Crippen LogP contribution in [0, 0.1) is 0 Å². The molecular weight excluding hydrogens is 164 g/mol. The number of amides is 1. The molecule has 0 saturated carbocycles. The highest BCUT2D eigenvalue weighted by molar-refractivity contribution is 5.97. The molecule has 0 atom stereocenters. The number of nitrogen functional groups attached to an aromatic ring is 1. The summed E-state index contributed by atoms with van der Waals surface area (Å²) in [5, 5.41) is 0. The van der Waals surface area contributed by atoms with Crippen LogP contribution in [0.25, 0.3) is 0 Å². The van der Waals surface area contributed by atoms with Gasteiger partial charge < -0.3 is 10.6 Å². The lowest BCUT2D eigenvalue weighted by molar-refractivity contribution is 0.0781. The molecule has 0 aliphatic carbocycles. The van der Waals surface area contributed by atoms with Crippen molar-refractivity contribution in [3.8, 4) is 0 Å². The fourth-order valence-corrected chi connectivity index (χ4v) is 1.67. The fraction of sp³-hybridized carbons (Fsp3) is 0.300. The molecule has 2 N–H and O–H groups in total. The maximum atomic E-state index is 11.6. The molecule has 0 bridgehead atoms. The number of anilines is 1. The number of carbonyl (C=O) groups excluding carboxylic acids is 1. The van der Waals surface area contributed by atoms with Crippen molar-refractivity contribution in [1.82, 2.24) is 4.90 Å². The number of carbonyl (C=O) groups is 1. The summed E-state index contributed by atoms with van der Waals surface area (Å²) in [6, 6.07) is 5.51. The number of hydrogen-bond acceptors (Lipinski definition) is 2. The Bertz CT molecular complexity index is 360. The van der Waals surface area contributed by atoms with Gasteiger partial charge in [-0.3, -0.25) is 4.79 Å².